The lowest BCUT2D eigenvalue weighted by Gasteiger charge is -2.23. The van der Waals surface area contributed by atoms with Crippen LogP contribution in [0.3, 0.4) is 0 Å². The molecule has 1 heterocycles. The van der Waals surface area contributed by atoms with Crippen LogP contribution in [0.1, 0.15) is 18.1 Å². The Hall–Kier alpha value is -2.26. The third-order valence-electron chi connectivity index (χ3n) is 3.93. The van der Waals surface area contributed by atoms with Gasteiger partial charge in [-0.1, -0.05) is 49.1 Å². The molecule has 0 saturated carbocycles. The highest BCUT2D eigenvalue weighted by Gasteiger charge is 2.20. The summed E-state index contributed by atoms with van der Waals surface area (Å²) in [5.74, 6) is 1.93. The number of hydrogen-bond acceptors (Lipinski definition) is 3. The van der Waals surface area contributed by atoms with E-state index in [1.165, 1.54) is 11.1 Å². The number of nitrogens with zero attached hydrogens (tertiary/aromatic N) is 1. The number of ether oxygens (including phenoxy) is 2. The zero-order valence-electron chi connectivity index (χ0n) is 13.6. The second kappa shape index (κ2) is 7.34. The van der Waals surface area contributed by atoms with Crippen molar-refractivity contribution in [2.24, 2.45) is 0 Å². The summed E-state index contributed by atoms with van der Waals surface area (Å²) < 4.78 is 11.8. The second-order valence-corrected chi connectivity index (χ2v) is 5.91. The number of fused-ring (bicyclic) bond motifs is 1. The van der Waals surface area contributed by atoms with E-state index in [0.717, 1.165) is 31.1 Å². The van der Waals surface area contributed by atoms with Crippen molar-refractivity contribution in [2.45, 2.75) is 26.1 Å². The van der Waals surface area contributed by atoms with E-state index in [4.69, 9.17) is 9.47 Å². The lowest BCUT2D eigenvalue weighted by molar-refractivity contribution is 0.155. The summed E-state index contributed by atoms with van der Waals surface area (Å²) in [6.45, 7) is 8.99. The van der Waals surface area contributed by atoms with Gasteiger partial charge in [0.25, 0.3) is 0 Å². The van der Waals surface area contributed by atoms with Gasteiger partial charge in [0.2, 0.25) is 0 Å². The Morgan fingerprint density at radius 2 is 2.00 bits per heavy atom. The van der Waals surface area contributed by atoms with Crippen LogP contribution < -0.4 is 9.47 Å². The van der Waals surface area contributed by atoms with Crippen LogP contribution in [0.5, 0.6) is 11.5 Å². The molecule has 0 N–H and O–H groups in total. The lowest BCUT2D eigenvalue weighted by Crippen LogP contribution is -2.30. The van der Waals surface area contributed by atoms with Crippen molar-refractivity contribution in [3.8, 4) is 11.5 Å². The predicted octanol–water partition coefficient (Wildman–Crippen LogP) is 4.03. The SMILES string of the molecule is C=CCOc1ccccc1CN1Cc2ccccc2OC(C)C1. The molecule has 1 unspecified atom stereocenters. The zero-order chi connectivity index (χ0) is 16.1. The van der Waals surface area contributed by atoms with Gasteiger partial charge in [0.1, 0.15) is 24.2 Å². The molecule has 0 aliphatic carbocycles. The fourth-order valence-electron chi connectivity index (χ4n) is 2.96. The molecule has 3 nitrogen and oxygen atoms in total. The molecule has 0 saturated heterocycles. The first-order chi connectivity index (χ1) is 11.3. The van der Waals surface area contributed by atoms with Crippen LogP contribution in [0.25, 0.3) is 0 Å². The number of para-hydroxylation sites is 2. The van der Waals surface area contributed by atoms with Gasteiger partial charge in [-0.05, 0) is 19.1 Å². The van der Waals surface area contributed by atoms with Crippen molar-refractivity contribution < 1.29 is 9.47 Å². The van der Waals surface area contributed by atoms with Gasteiger partial charge in [0.15, 0.2) is 0 Å². The second-order valence-electron chi connectivity index (χ2n) is 5.91. The summed E-state index contributed by atoms with van der Waals surface area (Å²) in [5.41, 5.74) is 2.43. The third kappa shape index (κ3) is 3.93. The van der Waals surface area contributed by atoms with Crippen LogP contribution >= 0.6 is 0 Å². The summed E-state index contributed by atoms with van der Waals surface area (Å²) >= 11 is 0. The zero-order valence-corrected chi connectivity index (χ0v) is 13.6. The van der Waals surface area contributed by atoms with Crippen LogP contribution in [0.2, 0.25) is 0 Å². The number of rotatable bonds is 5. The first kappa shape index (κ1) is 15.6. The van der Waals surface area contributed by atoms with E-state index in [-0.39, 0.29) is 6.10 Å². The highest BCUT2D eigenvalue weighted by atomic mass is 16.5. The van der Waals surface area contributed by atoms with Crippen molar-refractivity contribution in [2.75, 3.05) is 13.2 Å². The first-order valence-electron chi connectivity index (χ1n) is 8.05. The van der Waals surface area contributed by atoms with E-state index in [2.05, 4.69) is 48.7 Å². The molecule has 0 amide bonds. The minimum atomic E-state index is 0.167. The maximum absolute atomic E-state index is 6.03. The smallest absolute Gasteiger partial charge is 0.124 e. The molecule has 1 atom stereocenters. The highest BCUT2D eigenvalue weighted by Crippen LogP contribution is 2.27. The minimum absolute atomic E-state index is 0.167. The maximum atomic E-state index is 6.03. The lowest BCUT2D eigenvalue weighted by atomic mass is 10.1. The monoisotopic (exact) mass is 309 g/mol. The Morgan fingerprint density at radius 1 is 1.22 bits per heavy atom. The van der Waals surface area contributed by atoms with E-state index in [1.807, 2.05) is 18.2 Å². The molecule has 2 aromatic rings. The van der Waals surface area contributed by atoms with Crippen LogP contribution in [-0.2, 0) is 13.1 Å². The molecular formula is C20H23NO2. The van der Waals surface area contributed by atoms with Gasteiger partial charge in [-0.15, -0.1) is 0 Å². The number of benzene rings is 2. The molecule has 1 aliphatic heterocycles. The van der Waals surface area contributed by atoms with E-state index in [1.54, 1.807) is 6.08 Å². The quantitative estimate of drug-likeness (QED) is 0.778. The Morgan fingerprint density at radius 3 is 2.87 bits per heavy atom. The van der Waals surface area contributed by atoms with Gasteiger partial charge >= 0.3 is 0 Å². The molecule has 0 radical (unpaired) electrons. The Bertz CT molecular complexity index is 668. The van der Waals surface area contributed by atoms with Gasteiger partial charge in [-0.3, -0.25) is 4.90 Å². The first-order valence-corrected chi connectivity index (χ1v) is 8.05. The molecule has 23 heavy (non-hydrogen) atoms. The Labute approximate surface area is 138 Å². The van der Waals surface area contributed by atoms with E-state index in [9.17, 15) is 0 Å². The van der Waals surface area contributed by atoms with Crippen LogP contribution in [0, 0.1) is 0 Å². The van der Waals surface area contributed by atoms with Crippen molar-refractivity contribution in [1.29, 1.82) is 0 Å². The van der Waals surface area contributed by atoms with Gasteiger partial charge in [-0.25, -0.2) is 0 Å². The normalized spacial score (nSPS) is 17.7. The van der Waals surface area contributed by atoms with Gasteiger partial charge in [0.05, 0.1) is 0 Å². The molecule has 120 valence electrons. The predicted molar refractivity (Wildman–Crippen MR) is 92.8 cm³/mol. The molecule has 0 fully saturated rings. The largest absolute Gasteiger partial charge is 0.489 e. The van der Waals surface area contributed by atoms with Gasteiger partial charge in [0, 0.05) is 30.8 Å². The summed E-state index contributed by atoms with van der Waals surface area (Å²) in [5, 5.41) is 0. The van der Waals surface area contributed by atoms with Crippen LogP contribution in [-0.4, -0.2) is 24.2 Å². The van der Waals surface area contributed by atoms with Gasteiger partial charge < -0.3 is 9.47 Å². The van der Waals surface area contributed by atoms with Crippen LogP contribution in [0.15, 0.2) is 61.2 Å². The average Bonchev–Trinajstić information content (AvgIpc) is 2.71. The van der Waals surface area contributed by atoms with E-state index >= 15 is 0 Å². The fourth-order valence-corrected chi connectivity index (χ4v) is 2.96. The molecule has 0 aromatic heterocycles. The summed E-state index contributed by atoms with van der Waals surface area (Å²) in [7, 11) is 0. The van der Waals surface area contributed by atoms with Crippen molar-refractivity contribution in [3.05, 3.63) is 72.3 Å². The molecule has 0 bridgehead atoms. The van der Waals surface area contributed by atoms with Crippen molar-refractivity contribution in [3.63, 3.8) is 0 Å². The van der Waals surface area contributed by atoms with Gasteiger partial charge in [-0.2, -0.15) is 0 Å². The number of hydrogen-bond donors (Lipinski definition) is 0. The van der Waals surface area contributed by atoms with Crippen molar-refractivity contribution in [1.82, 2.24) is 4.90 Å². The maximum Gasteiger partial charge on any atom is 0.124 e. The molecule has 0 spiro atoms. The summed E-state index contributed by atoms with van der Waals surface area (Å²) in [6.07, 6.45) is 1.94. The minimum Gasteiger partial charge on any atom is -0.489 e. The third-order valence-corrected chi connectivity index (χ3v) is 3.93. The highest BCUT2D eigenvalue weighted by molar-refractivity contribution is 5.36. The standard InChI is InChI=1S/C20H23NO2/c1-3-12-22-19-10-6-4-8-17(19)14-21-13-16(2)23-20-11-7-5-9-18(20)15-21/h3-11,16H,1,12-15H2,2H3. The Balaban J connectivity index is 1.79. The average molecular weight is 309 g/mol. The van der Waals surface area contributed by atoms with Crippen LogP contribution in [0.4, 0.5) is 0 Å². The topological polar surface area (TPSA) is 21.7 Å². The molecule has 3 heteroatoms. The Kier molecular flexibility index (Phi) is 4.99. The van der Waals surface area contributed by atoms with E-state index in [0.29, 0.717) is 6.61 Å². The van der Waals surface area contributed by atoms with E-state index < -0.39 is 0 Å². The molecule has 1 aliphatic rings. The molecule has 3 rings (SSSR count). The molecule has 2 aromatic carbocycles. The molecular weight excluding hydrogens is 286 g/mol. The van der Waals surface area contributed by atoms with Crippen molar-refractivity contribution >= 4 is 0 Å². The fraction of sp³-hybridized carbons (Fsp3) is 0.300. The summed E-state index contributed by atoms with van der Waals surface area (Å²) in [6, 6.07) is 16.5. The summed E-state index contributed by atoms with van der Waals surface area (Å²) in [4.78, 5) is 2.41.